The molecule has 0 atom stereocenters. The number of rotatable bonds is 2. The first-order chi connectivity index (χ1) is 7.35. The number of fused-ring (bicyclic) bond motifs is 1. The lowest BCUT2D eigenvalue weighted by atomic mass is 10.1. The third-order valence-electron chi connectivity index (χ3n) is 2.03. The summed E-state index contributed by atoms with van der Waals surface area (Å²) in [5.74, 6) is 1.88. The van der Waals surface area contributed by atoms with Crippen LogP contribution in [0.5, 0.6) is 17.2 Å². The Balaban J connectivity index is 2.44. The monoisotopic (exact) mass is 203 g/mol. The largest absolute Gasteiger partial charge is 0.493 e. The Morgan fingerprint density at radius 1 is 1.47 bits per heavy atom. The maximum absolute atomic E-state index is 8.42. The molecule has 0 aromatic heterocycles. The quantitative estimate of drug-likeness (QED) is 0.689. The lowest BCUT2D eigenvalue weighted by Gasteiger charge is -2.05. The van der Waals surface area contributed by atoms with Gasteiger partial charge in [0.1, 0.15) is 0 Å². The number of nitrogens with zero attached hydrogens (tertiary/aromatic N) is 1. The van der Waals surface area contributed by atoms with Gasteiger partial charge in [-0.15, -0.1) is 0 Å². The van der Waals surface area contributed by atoms with Gasteiger partial charge in [-0.3, -0.25) is 0 Å². The van der Waals surface area contributed by atoms with Crippen molar-refractivity contribution in [2.75, 3.05) is 13.9 Å². The summed E-state index contributed by atoms with van der Waals surface area (Å²) < 4.78 is 15.6. The van der Waals surface area contributed by atoms with E-state index < -0.39 is 0 Å². The molecule has 0 radical (unpaired) electrons. The Hall–Kier alpha value is -2.15. The molecular weight excluding hydrogens is 194 g/mol. The molecule has 0 unspecified atom stereocenters. The van der Waals surface area contributed by atoms with E-state index in [1.54, 1.807) is 25.3 Å². The van der Waals surface area contributed by atoms with Crippen molar-refractivity contribution in [2.45, 2.75) is 0 Å². The van der Waals surface area contributed by atoms with Crippen LogP contribution < -0.4 is 14.2 Å². The van der Waals surface area contributed by atoms with Crippen LogP contribution >= 0.6 is 0 Å². The maximum Gasteiger partial charge on any atom is 0.231 e. The zero-order valence-corrected chi connectivity index (χ0v) is 8.19. The molecule has 0 fully saturated rings. The Labute approximate surface area is 87.3 Å². The van der Waals surface area contributed by atoms with Crippen LogP contribution in [0.4, 0.5) is 0 Å². The molecule has 4 heteroatoms. The van der Waals surface area contributed by atoms with Crippen molar-refractivity contribution >= 4 is 6.08 Å². The van der Waals surface area contributed by atoms with E-state index in [-0.39, 0.29) is 6.79 Å². The lowest BCUT2D eigenvalue weighted by molar-refractivity contribution is 0.171. The van der Waals surface area contributed by atoms with Crippen LogP contribution in [0.3, 0.4) is 0 Å². The summed E-state index contributed by atoms with van der Waals surface area (Å²) in [6.07, 6.45) is 3.08. The molecule has 0 spiro atoms. The minimum atomic E-state index is 0.205. The van der Waals surface area contributed by atoms with Crippen LogP contribution in [-0.4, -0.2) is 13.9 Å². The molecule has 0 saturated carbocycles. The van der Waals surface area contributed by atoms with Crippen LogP contribution in [-0.2, 0) is 0 Å². The van der Waals surface area contributed by atoms with Gasteiger partial charge in [0.2, 0.25) is 12.5 Å². The zero-order chi connectivity index (χ0) is 10.7. The molecule has 1 aliphatic rings. The topological polar surface area (TPSA) is 51.5 Å². The first kappa shape index (κ1) is 9.41. The van der Waals surface area contributed by atoms with Crippen LogP contribution in [0.2, 0.25) is 0 Å². The second kappa shape index (κ2) is 3.93. The summed E-state index contributed by atoms with van der Waals surface area (Å²) in [6, 6.07) is 5.53. The fourth-order valence-electron chi connectivity index (χ4n) is 1.38. The molecule has 0 amide bonds. The SMILES string of the molecule is COc1cc(C=CC#N)cc2c1OCO2. The van der Waals surface area contributed by atoms with Crippen molar-refractivity contribution in [1.29, 1.82) is 5.26 Å². The average molecular weight is 203 g/mol. The van der Waals surface area contributed by atoms with Crippen LogP contribution in [0.1, 0.15) is 5.56 Å². The Kier molecular flexibility index (Phi) is 2.46. The predicted octanol–water partition coefficient (Wildman–Crippen LogP) is 1.96. The highest BCUT2D eigenvalue weighted by Gasteiger charge is 2.19. The number of ether oxygens (including phenoxy) is 3. The number of allylic oxidation sites excluding steroid dienone is 1. The van der Waals surface area contributed by atoms with Crippen molar-refractivity contribution in [3.05, 3.63) is 23.8 Å². The highest BCUT2D eigenvalue weighted by Crippen LogP contribution is 2.41. The number of hydrogen-bond acceptors (Lipinski definition) is 4. The summed E-state index contributed by atoms with van der Waals surface area (Å²) in [4.78, 5) is 0. The molecule has 2 rings (SSSR count). The van der Waals surface area contributed by atoms with Gasteiger partial charge in [0.25, 0.3) is 0 Å². The summed E-state index contributed by atoms with van der Waals surface area (Å²) in [7, 11) is 1.56. The minimum Gasteiger partial charge on any atom is -0.493 e. The smallest absolute Gasteiger partial charge is 0.231 e. The van der Waals surface area contributed by atoms with Crippen LogP contribution in [0.25, 0.3) is 6.08 Å². The van der Waals surface area contributed by atoms with E-state index in [4.69, 9.17) is 19.5 Å². The van der Waals surface area contributed by atoms with Crippen molar-refractivity contribution in [3.8, 4) is 23.3 Å². The van der Waals surface area contributed by atoms with E-state index >= 15 is 0 Å². The molecule has 1 aliphatic heterocycles. The average Bonchev–Trinajstić information content (AvgIpc) is 2.73. The van der Waals surface area contributed by atoms with Gasteiger partial charge in [-0.1, -0.05) is 0 Å². The van der Waals surface area contributed by atoms with Crippen LogP contribution in [0.15, 0.2) is 18.2 Å². The van der Waals surface area contributed by atoms with Gasteiger partial charge in [-0.05, 0) is 23.8 Å². The standard InChI is InChI=1S/C11H9NO3/c1-13-9-5-8(3-2-4-12)6-10-11(9)15-7-14-10/h2-3,5-6H,7H2,1H3. The van der Waals surface area contributed by atoms with E-state index in [0.717, 1.165) is 5.56 Å². The first-order valence-corrected chi connectivity index (χ1v) is 4.39. The van der Waals surface area contributed by atoms with Crippen molar-refractivity contribution in [3.63, 3.8) is 0 Å². The van der Waals surface area contributed by atoms with E-state index in [2.05, 4.69) is 0 Å². The minimum absolute atomic E-state index is 0.205. The van der Waals surface area contributed by atoms with Crippen molar-refractivity contribution in [1.82, 2.24) is 0 Å². The normalized spacial score (nSPS) is 12.8. The Morgan fingerprint density at radius 3 is 3.07 bits per heavy atom. The predicted molar refractivity (Wildman–Crippen MR) is 53.8 cm³/mol. The molecule has 0 aliphatic carbocycles. The summed E-state index contributed by atoms with van der Waals surface area (Å²) >= 11 is 0. The molecular formula is C11H9NO3. The Bertz CT molecular complexity index is 446. The first-order valence-electron chi connectivity index (χ1n) is 4.39. The second-order valence-electron chi connectivity index (χ2n) is 2.92. The van der Waals surface area contributed by atoms with Gasteiger partial charge in [0, 0.05) is 6.08 Å². The van der Waals surface area contributed by atoms with Gasteiger partial charge in [-0.2, -0.15) is 5.26 Å². The van der Waals surface area contributed by atoms with Gasteiger partial charge < -0.3 is 14.2 Å². The molecule has 1 heterocycles. The van der Waals surface area contributed by atoms with Gasteiger partial charge in [0.15, 0.2) is 11.5 Å². The van der Waals surface area contributed by atoms with Crippen molar-refractivity contribution in [2.24, 2.45) is 0 Å². The molecule has 0 saturated heterocycles. The fraction of sp³-hybridized carbons (Fsp3) is 0.182. The fourth-order valence-corrected chi connectivity index (χ4v) is 1.38. The highest BCUT2D eigenvalue weighted by molar-refractivity contribution is 5.63. The third-order valence-corrected chi connectivity index (χ3v) is 2.03. The Morgan fingerprint density at radius 2 is 2.33 bits per heavy atom. The number of hydrogen-bond donors (Lipinski definition) is 0. The van der Waals surface area contributed by atoms with E-state index in [9.17, 15) is 0 Å². The summed E-state index contributed by atoms with van der Waals surface area (Å²) in [6.45, 7) is 0.205. The summed E-state index contributed by atoms with van der Waals surface area (Å²) in [5.41, 5.74) is 0.845. The molecule has 76 valence electrons. The van der Waals surface area contributed by atoms with Crippen molar-refractivity contribution < 1.29 is 14.2 Å². The van der Waals surface area contributed by atoms with E-state index in [1.165, 1.54) is 6.08 Å². The molecule has 0 N–H and O–H groups in total. The molecule has 1 aromatic carbocycles. The summed E-state index contributed by atoms with van der Waals surface area (Å²) in [5, 5.41) is 8.42. The number of nitriles is 1. The van der Waals surface area contributed by atoms with Gasteiger partial charge in [-0.25, -0.2) is 0 Å². The maximum atomic E-state index is 8.42. The second-order valence-corrected chi connectivity index (χ2v) is 2.92. The number of benzene rings is 1. The zero-order valence-electron chi connectivity index (χ0n) is 8.19. The molecule has 15 heavy (non-hydrogen) atoms. The van der Waals surface area contributed by atoms with E-state index in [1.807, 2.05) is 6.07 Å². The highest BCUT2D eigenvalue weighted by atomic mass is 16.7. The molecule has 1 aromatic rings. The molecule has 0 bridgehead atoms. The van der Waals surface area contributed by atoms with E-state index in [0.29, 0.717) is 17.2 Å². The lowest BCUT2D eigenvalue weighted by Crippen LogP contribution is -1.93. The molecule has 4 nitrogen and oxygen atoms in total. The van der Waals surface area contributed by atoms with Crippen LogP contribution in [0, 0.1) is 11.3 Å². The van der Waals surface area contributed by atoms with Gasteiger partial charge in [0.05, 0.1) is 13.2 Å². The van der Waals surface area contributed by atoms with Gasteiger partial charge >= 0.3 is 0 Å². The third kappa shape index (κ3) is 1.72. The number of methoxy groups -OCH3 is 1.